The average molecular weight is 473 g/mol. The summed E-state index contributed by atoms with van der Waals surface area (Å²) in [7, 11) is 1.60. The van der Waals surface area contributed by atoms with E-state index in [9.17, 15) is 4.79 Å². The molecule has 4 aromatic rings. The Kier molecular flexibility index (Phi) is 6.32. The zero-order valence-corrected chi connectivity index (χ0v) is 19.4. The number of ether oxygens (including phenoxy) is 4. The molecule has 0 saturated carbocycles. The second-order valence-corrected chi connectivity index (χ2v) is 7.91. The van der Waals surface area contributed by atoms with Gasteiger partial charge in [-0.3, -0.25) is 4.79 Å². The van der Waals surface area contributed by atoms with Gasteiger partial charge in [0.15, 0.2) is 17.3 Å². The van der Waals surface area contributed by atoms with Crippen LogP contribution in [0.1, 0.15) is 15.9 Å². The molecule has 1 aliphatic rings. The second-order valence-electron chi connectivity index (χ2n) is 7.91. The van der Waals surface area contributed by atoms with E-state index in [0.717, 1.165) is 16.8 Å². The molecular weight excluding hydrogens is 448 g/mol. The zero-order chi connectivity index (χ0) is 24.2. The van der Waals surface area contributed by atoms with Crippen LogP contribution < -0.4 is 19.5 Å². The van der Waals surface area contributed by atoms with Crippen LogP contribution in [0, 0.1) is 6.92 Å². The van der Waals surface area contributed by atoms with Crippen molar-refractivity contribution in [2.75, 3.05) is 32.4 Å². The van der Waals surface area contributed by atoms with Crippen molar-refractivity contribution in [3.63, 3.8) is 0 Å². The van der Waals surface area contributed by atoms with Crippen LogP contribution in [-0.4, -0.2) is 47.8 Å². The summed E-state index contributed by atoms with van der Waals surface area (Å²) in [5, 5.41) is 7.45. The standard InChI is InChI=1S/C26H24N4O5/c1-17-3-5-18(6-4-17)25(31)27-20-8-10-21(11-9-20)30-24(28-26(29-30)33-14-13-32-2)19-7-12-22-23(15-19)35-16-34-22/h3-12,15H,13-14,16H2,1-2H3,(H,27,31). The van der Waals surface area contributed by atoms with Gasteiger partial charge in [0.05, 0.1) is 12.3 Å². The van der Waals surface area contributed by atoms with Gasteiger partial charge in [-0.1, -0.05) is 17.7 Å². The fraction of sp³-hybridized carbons (Fsp3) is 0.192. The molecule has 0 unspecified atom stereocenters. The lowest BCUT2D eigenvalue weighted by atomic mass is 10.1. The summed E-state index contributed by atoms with van der Waals surface area (Å²) in [5.74, 6) is 1.73. The zero-order valence-electron chi connectivity index (χ0n) is 19.4. The molecule has 9 nitrogen and oxygen atoms in total. The van der Waals surface area contributed by atoms with Gasteiger partial charge in [-0.15, -0.1) is 5.10 Å². The van der Waals surface area contributed by atoms with Crippen molar-refractivity contribution in [3.8, 4) is 34.6 Å². The molecule has 9 heteroatoms. The normalized spacial score (nSPS) is 11.9. The fourth-order valence-corrected chi connectivity index (χ4v) is 3.57. The van der Waals surface area contributed by atoms with Crippen molar-refractivity contribution in [3.05, 3.63) is 77.9 Å². The number of anilines is 1. The van der Waals surface area contributed by atoms with Crippen molar-refractivity contribution in [1.29, 1.82) is 0 Å². The van der Waals surface area contributed by atoms with E-state index in [2.05, 4.69) is 15.4 Å². The van der Waals surface area contributed by atoms with Gasteiger partial charge in [-0.25, -0.2) is 4.68 Å². The van der Waals surface area contributed by atoms with E-state index >= 15 is 0 Å². The topological polar surface area (TPSA) is 96.7 Å². The van der Waals surface area contributed by atoms with Crippen molar-refractivity contribution in [2.45, 2.75) is 6.92 Å². The Morgan fingerprint density at radius 2 is 1.77 bits per heavy atom. The minimum Gasteiger partial charge on any atom is -0.460 e. The molecule has 3 aromatic carbocycles. The maximum Gasteiger partial charge on any atom is 0.336 e. The molecule has 0 bridgehead atoms. The summed E-state index contributed by atoms with van der Waals surface area (Å²) in [6.07, 6.45) is 0. The monoisotopic (exact) mass is 472 g/mol. The first-order chi connectivity index (χ1) is 17.1. The first-order valence-corrected chi connectivity index (χ1v) is 11.1. The molecule has 0 radical (unpaired) electrons. The predicted molar refractivity (Wildman–Crippen MR) is 129 cm³/mol. The second kappa shape index (κ2) is 9.86. The lowest BCUT2D eigenvalue weighted by Gasteiger charge is -2.09. The number of nitrogens with one attached hydrogen (secondary N) is 1. The van der Waals surface area contributed by atoms with Crippen molar-refractivity contribution in [1.82, 2.24) is 14.8 Å². The molecule has 0 spiro atoms. The molecular formula is C26H24N4O5. The number of nitrogens with zero attached hydrogens (tertiary/aromatic N) is 3. The number of carbonyl (C=O) groups excluding carboxylic acids is 1. The Hall–Kier alpha value is -4.37. The van der Waals surface area contributed by atoms with Crippen LogP contribution in [0.15, 0.2) is 66.7 Å². The molecule has 178 valence electrons. The smallest absolute Gasteiger partial charge is 0.336 e. The first-order valence-electron chi connectivity index (χ1n) is 11.1. The van der Waals surface area contributed by atoms with Crippen LogP contribution in [0.25, 0.3) is 17.1 Å². The molecule has 0 fully saturated rings. The number of carbonyl (C=O) groups is 1. The Labute approximate surface area is 202 Å². The van der Waals surface area contributed by atoms with E-state index in [-0.39, 0.29) is 18.7 Å². The SMILES string of the molecule is COCCOc1nc(-c2ccc3c(c2)OCO3)n(-c2ccc(NC(=O)c3ccc(C)cc3)cc2)n1. The maximum atomic E-state index is 12.6. The number of methoxy groups -OCH3 is 1. The number of hydrogen-bond donors (Lipinski definition) is 1. The highest BCUT2D eigenvalue weighted by Crippen LogP contribution is 2.36. The van der Waals surface area contributed by atoms with Crippen LogP contribution >= 0.6 is 0 Å². The van der Waals surface area contributed by atoms with E-state index in [0.29, 0.717) is 41.8 Å². The molecule has 0 aliphatic carbocycles. The lowest BCUT2D eigenvalue weighted by molar-refractivity contribution is 0.102. The van der Waals surface area contributed by atoms with Crippen LogP contribution in [0.3, 0.4) is 0 Å². The van der Waals surface area contributed by atoms with Crippen LogP contribution in [0.5, 0.6) is 17.5 Å². The molecule has 1 aromatic heterocycles. The molecule has 0 atom stereocenters. The quantitative estimate of drug-likeness (QED) is 0.383. The number of benzene rings is 3. The van der Waals surface area contributed by atoms with Gasteiger partial charge in [0.2, 0.25) is 6.79 Å². The van der Waals surface area contributed by atoms with Gasteiger partial charge in [0.25, 0.3) is 5.91 Å². The highest BCUT2D eigenvalue weighted by molar-refractivity contribution is 6.04. The van der Waals surface area contributed by atoms with Crippen molar-refractivity contribution in [2.24, 2.45) is 0 Å². The predicted octanol–water partition coefficient (Wildman–Crippen LogP) is 4.25. The molecule has 35 heavy (non-hydrogen) atoms. The lowest BCUT2D eigenvalue weighted by Crippen LogP contribution is -2.11. The third kappa shape index (κ3) is 4.95. The molecule has 2 heterocycles. The highest BCUT2D eigenvalue weighted by atomic mass is 16.7. The Morgan fingerprint density at radius 1 is 1.00 bits per heavy atom. The van der Waals surface area contributed by atoms with Gasteiger partial charge >= 0.3 is 6.01 Å². The first kappa shape index (κ1) is 22.4. The summed E-state index contributed by atoms with van der Waals surface area (Å²) in [4.78, 5) is 17.1. The number of amides is 1. The van der Waals surface area contributed by atoms with Gasteiger partial charge in [-0.05, 0) is 61.5 Å². The molecule has 1 aliphatic heterocycles. The minimum absolute atomic E-state index is 0.173. The molecule has 0 saturated heterocycles. The number of aryl methyl sites for hydroxylation is 1. The summed E-state index contributed by atoms with van der Waals surface area (Å²) in [6.45, 7) is 2.91. The van der Waals surface area contributed by atoms with Gasteiger partial charge < -0.3 is 24.3 Å². The summed E-state index contributed by atoms with van der Waals surface area (Å²) in [5.41, 5.74) is 3.90. The number of aromatic nitrogens is 3. The van der Waals surface area contributed by atoms with Crippen molar-refractivity contribution >= 4 is 11.6 Å². The molecule has 1 amide bonds. The van der Waals surface area contributed by atoms with Crippen LogP contribution in [0.4, 0.5) is 5.69 Å². The van der Waals surface area contributed by atoms with E-state index in [4.69, 9.17) is 18.9 Å². The van der Waals surface area contributed by atoms with Crippen molar-refractivity contribution < 1.29 is 23.7 Å². The molecule has 1 N–H and O–H groups in total. The van der Waals surface area contributed by atoms with E-state index in [1.165, 1.54) is 0 Å². The third-order valence-corrected chi connectivity index (χ3v) is 5.42. The van der Waals surface area contributed by atoms with E-state index in [1.807, 2.05) is 61.5 Å². The average Bonchev–Trinajstić information content (AvgIpc) is 3.52. The maximum absolute atomic E-state index is 12.6. The summed E-state index contributed by atoms with van der Waals surface area (Å²) < 4.78 is 23.3. The number of hydrogen-bond acceptors (Lipinski definition) is 7. The number of fused-ring (bicyclic) bond motifs is 1. The summed E-state index contributed by atoms with van der Waals surface area (Å²) >= 11 is 0. The Balaban J connectivity index is 1.41. The molecule has 5 rings (SSSR count). The largest absolute Gasteiger partial charge is 0.460 e. The minimum atomic E-state index is -0.173. The van der Waals surface area contributed by atoms with Crippen LogP contribution in [-0.2, 0) is 4.74 Å². The van der Waals surface area contributed by atoms with Gasteiger partial charge in [0, 0.05) is 23.9 Å². The van der Waals surface area contributed by atoms with Crippen LogP contribution in [0.2, 0.25) is 0 Å². The van der Waals surface area contributed by atoms with E-state index in [1.54, 1.807) is 23.9 Å². The Bertz CT molecular complexity index is 1330. The van der Waals surface area contributed by atoms with Gasteiger partial charge in [0.1, 0.15) is 6.61 Å². The van der Waals surface area contributed by atoms with Gasteiger partial charge in [-0.2, -0.15) is 4.98 Å². The van der Waals surface area contributed by atoms with E-state index < -0.39 is 0 Å². The number of rotatable bonds is 8. The Morgan fingerprint density at radius 3 is 2.54 bits per heavy atom. The third-order valence-electron chi connectivity index (χ3n) is 5.42. The highest BCUT2D eigenvalue weighted by Gasteiger charge is 2.19. The fourth-order valence-electron chi connectivity index (χ4n) is 3.57. The summed E-state index contributed by atoms with van der Waals surface area (Å²) in [6, 6.07) is 20.6.